The molecule has 0 aliphatic carbocycles. The Hall–Kier alpha value is -2.04. The number of hydrogen-bond acceptors (Lipinski definition) is 2. The number of fused-ring (bicyclic) bond motifs is 1. The number of halogens is 2. The molecule has 0 saturated heterocycles. The average molecular weight is 250 g/mol. The van der Waals surface area contributed by atoms with E-state index < -0.39 is 11.6 Å². The second kappa shape index (κ2) is 4.68. The van der Waals surface area contributed by atoms with E-state index >= 15 is 0 Å². The van der Waals surface area contributed by atoms with Gasteiger partial charge in [-0.2, -0.15) is 0 Å². The number of amides is 1. The molecule has 0 spiro atoms. The van der Waals surface area contributed by atoms with E-state index in [2.05, 4.69) is 10.3 Å². The van der Waals surface area contributed by atoms with Crippen LogP contribution in [0.15, 0.2) is 24.4 Å². The minimum absolute atomic E-state index is 0.0163. The summed E-state index contributed by atoms with van der Waals surface area (Å²) in [6.07, 6.45) is 1.28. The molecule has 0 bridgehead atoms. The third-order valence-corrected chi connectivity index (χ3v) is 2.38. The van der Waals surface area contributed by atoms with E-state index in [4.69, 9.17) is 0 Å². The van der Waals surface area contributed by atoms with E-state index in [1.807, 2.05) is 13.8 Å². The smallest absolute Gasteiger partial charge is 0.253 e. The molecule has 1 heterocycles. The van der Waals surface area contributed by atoms with Crippen LogP contribution in [0.4, 0.5) is 8.78 Å². The quantitative estimate of drug-likeness (QED) is 0.890. The van der Waals surface area contributed by atoms with E-state index in [9.17, 15) is 13.6 Å². The third-order valence-electron chi connectivity index (χ3n) is 2.38. The van der Waals surface area contributed by atoms with Crippen LogP contribution in [-0.2, 0) is 0 Å². The van der Waals surface area contributed by atoms with Crippen LogP contribution < -0.4 is 5.32 Å². The van der Waals surface area contributed by atoms with Gasteiger partial charge in [0.25, 0.3) is 5.91 Å². The predicted molar refractivity (Wildman–Crippen MR) is 64.3 cm³/mol. The highest BCUT2D eigenvalue weighted by Crippen LogP contribution is 2.18. The van der Waals surface area contributed by atoms with Crippen LogP contribution in [0.2, 0.25) is 0 Å². The summed E-state index contributed by atoms with van der Waals surface area (Å²) in [4.78, 5) is 15.6. The molecule has 5 heteroatoms. The summed E-state index contributed by atoms with van der Waals surface area (Å²) < 4.78 is 26.5. The molecular weight excluding hydrogens is 238 g/mol. The Labute approximate surface area is 103 Å². The predicted octanol–water partition coefficient (Wildman–Crippen LogP) is 2.65. The van der Waals surface area contributed by atoms with Crippen molar-refractivity contribution in [2.75, 3.05) is 0 Å². The van der Waals surface area contributed by atoms with Crippen molar-refractivity contribution in [3.63, 3.8) is 0 Å². The van der Waals surface area contributed by atoms with E-state index in [0.717, 1.165) is 12.1 Å². The van der Waals surface area contributed by atoms with E-state index in [0.29, 0.717) is 0 Å². The number of rotatable bonds is 2. The number of nitrogens with one attached hydrogen (secondary N) is 1. The zero-order chi connectivity index (χ0) is 13.3. The van der Waals surface area contributed by atoms with Gasteiger partial charge in [-0.3, -0.25) is 9.78 Å². The van der Waals surface area contributed by atoms with Crippen LogP contribution in [0.1, 0.15) is 24.2 Å². The first-order chi connectivity index (χ1) is 8.47. The Morgan fingerprint density at radius 3 is 2.67 bits per heavy atom. The normalized spacial score (nSPS) is 10.9. The summed E-state index contributed by atoms with van der Waals surface area (Å²) in [6.45, 7) is 3.65. The molecule has 94 valence electrons. The fraction of sp³-hybridized carbons (Fsp3) is 0.231. The summed E-state index contributed by atoms with van der Waals surface area (Å²) in [5.74, 6) is -1.74. The Morgan fingerprint density at radius 1 is 1.28 bits per heavy atom. The molecule has 3 nitrogen and oxygen atoms in total. The minimum atomic E-state index is -0.735. The molecule has 0 radical (unpaired) electrons. The third kappa shape index (κ3) is 2.45. The molecule has 0 atom stereocenters. The molecule has 1 amide bonds. The highest BCUT2D eigenvalue weighted by molar-refractivity contribution is 5.97. The first-order valence-electron chi connectivity index (χ1n) is 5.53. The van der Waals surface area contributed by atoms with Gasteiger partial charge in [0.05, 0.1) is 5.56 Å². The monoisotopic (exact) mass is 250 g/mol. The van der Waals surface area contributed by atoms with Crippen LogP contribution in [0.5, 0.6) is 0 Å². The van der Waals surface area contributed by atoms with Crippen LogP contribution in [-0.4, -0.2) is 16.9 Å². The molecule has 1 N–H and O–H groups in total. The van der Waals surface area contributed by atoms with E-state index in [1.54, 1.807) is 0 Å². The first-order valence-corrected chi connectivity index (χ1v) is 5.53. The minimum Gasteiger partial charge on any atom is -0.350 e. The lowest BCUT2D eigenvalue weighted by Gasteiger charge is -2.08. The van der Waals surface area contributed by atoms with Gasteiger partial charge in [-0.05, 0) is 26.0 Å². The maximum absolute atomic E-state index is 13.4. The van der Waals surface area contributed by atoms with Crippen molar-refractivity contribution in [1.82, 2.24) is 10.3 Å². The molecule has 2 aromatic rings. The number of carbonyl (C=O) groups is 1. The standard InChI is InChI=1S/C13H12F2N2O/c1-7(2)17-13(18)9-3-8-4-10(14)5-11(15)12(8)16-6-9/h3-7H,1-2H3,(H,17,18). The maximum atomic E-state index is 13.4. The van der Waals surface area contributed by atoms with E-state index in [1.165, 1.54) is 12.3 Å². The molecular formula is C13H12F2N2O. The molecule has 1 aromatic heterocycles. The van der Waals surface area contributed by atoms with Crippen molar-refractivity contribution in [2.24, 2.45) is 0 Å². The maximum Gasteiger partial charge on any atom is 0.253 e. The molecule has 0 aliphatic rings. The van der Waals surface area contributed by atoms with Crippen molar-refractivity contribution >= 4 is 16.8 Å². The fourth-order valence-corrected chi connectivity index (χ4v) is 1.64. The van der Waals surface area contributed by atoms with Gasteiger partial charge in [0.2, 0.25) is 0 Å². The first kappa shape index (κ1) is 12.4. The molecule has 1 aromatic carbocycles. The second-order valence-corrected chi connectivity index (χ2v) is 4.31. The van der Waals surface area contributed by atoms with Gasteiger partial charge in [0.1, 0.15) is 11.3 Å². The van der Waals surface area contributed by atoms with Crippen LogP contribution >= 0.6 is 0 Å². The largest absolute Gasteiger partial charge is 0.350 e. The lowest BCUT2D eigenvalue weighted by Crippen LogP contribution is -2.30. The van der Waals surface area contributed by atoms with Crippen molar-refractivity contribution in [3.05, 3.63) is 41.6 Å². The van der Waals surface area contributed by atoms with Gasteiger partial charge in [0, 0.05) is 23.7 Å². The van der Waals surface area contributed by atoms with Crippen molar-refractivity contribution in [1.29, 1.82) is 0 Å². The highest BCUT2D eigenvalue weighted by Gasteiger charge is 2.11. The zero-order valence-electron chi connectivity index (χ0n) is 10.00. The summed E-state index contributed by atoms with van der Waals surface area (Å²) in [6, 6.07) is 3.32. The van der Waals surface area contributed by atoms with Crippen molar-refractivity contribution < 1.29 is 13.6 Å². The van der Waals surface area contributed by atoms with Gasteiger partial charge in [0.15, 0.2) is 5.82 Å². The van der Waals surface area contributed by atoms with Crippen LogP contribution in [0.3, 0.4) is 0 Å². The number of aromatic nitrogens is 1. The number of pyridine rings is 1. The summed E-state index contributed by atoms with van der Waals surface area (Å²) >= 11 is 0. The lowest BCUT2D eigenvalue weighted by atomic mass is 10.1. The average Bonchev–Trinajstić information content (AvgIpc) is 2.26. The van der Waals surface area contributed by atoms with Crippen molar-refractivity contribution in [2.45, 2.75) is 19.9 Å². The number of hydrogen-bond donors (Lipinski definition) is 1. The summed E-state index contributed by atoms with van der Waals surface area (Å²) in [5.41, 5.74) is 0.332. The molecule has 0 unspecified atom stereocenters. The Morgan fingerprint density at radius 2 is 2.00 bits per heavy atom. The Balaban J connectivity index is 2.47. The Kier molecular flexibility index (Phi) is 3.23. The lowest BCUT2D eigenvalue weighted by molar-refractivity contribution is 0.0943. The van der Waals surface area contributed by atoms with Crippen LogP contribution in [0, 0.1) is 11.6 Å². The highest BCUT2D eigenvalue weighted by atomic mass is 19.1. The van der Waals surface area contributed by atoms with Gasteiger partial charge in [-0.25, -0.2) is 8.78 Å². The molecule has 18 heavy (non-hydrogen) atoms. The number of carbonyl (C=O) groups excluding carboxylic acids is 1. The fourth-order valence-electron chi connectivity index (χ4n) is 1.64. The van der Waals surface area contributed by atoms with E-state index in [-0.39, 0.29) is 28.4 Å². The summed E-state index contributed by atoms with van der Waals surface area (Å²) in [7, 11) is 0. The van der Waals surface area contributed by atoms with Crippen molar-refractivity contribution in [3.8, 4) is 0 Å². The van der Waals surface area contributed by atoms with Gasteiger partial charge in [-0.1, -0.05) is 0 Å². The molecule has 0 saturated carbocycles. The second-order valence-electron chi connectivity index (χ2n) is 4.31. The topological polar surface area (TPSA) is 42.0 Å². The van der Waals surface area contributed by atoms with Gasteiger partial charge < -0.3 is 5.32 Å². The van der Waals surface area contributed by atoms with Crippen LogP contribution in [0.25, 0.3) is 10.9 Å². The summed E-state index contributed by atoms with van der Waals surface area (Å²) in [5, 5.41) is 2.95. The number of nitrogens with zero attached hydrogens (tertiary/aromatic N) is 1. The molecule has 0 fully saturated rings. The SMILES string of the molecule is CC(C)NC(=O)c1cnc2c(F)cc(F)cc2c1. The number of benzene rings is 1. The molecule has 2 rings (SSSR count). The van der Waals surface area contributed by atoms with Gasteiger partial charge in [-0.15, -0.1) is 0 Å². The van der Waals surface area contributed by atoms with Gasteiger partial charge >= 0.3 is 0 Å². The molecule has 0 aliphatic heterocycles. The Bertz CT molecular complexity index is 611. The zero-order valence-corrected chi connectivity index (χ0v) is 10.00.